The third-order valence-corrected chi connectivity index (χ3v) is 4.02. The maximum absolute atomic E-state index is 10.2. The summed E-state index contributed by atoms with van der Waals surface area (Å²) < 4.78 is 1.28. The van der Waals surface area contributed by atoms with Crippen LogP contribution >= 0.6 is 11.6 Å². The molecular weight excluding hydrogens is 262 g/mol. The van der Waals surface area contributed by atoms with Gasteiger partial charge in [-0.15, -0.1) is 0 Å². The van der Waals surface area contributed by atoms with Gasteiger partial charge in [0.15, 0.2) is 0 Å². The van der Waals surface area contributed by atoms with Crippen LogP contribution in [0.4, 0.5) is 0 Å². The fraction of sp³-hybridized carbons (Fsp3) is 0.533. The molecule has 108 valence electrons. The first-order valence-electron chi connectivity index (χ1n) is 6.76. The van der Waals surface area contributed by atoms with Gasteiger partial charge in [0.2, 0.25) is 0 Å². The number of carbonyl (C=O) groups excluding carboxylic acids is 1. The summed E-state index contributed by atoms with van der Waals surface area (Å²) in [6.07, 6.45) is 0. The fourth-order valence-electron chi connectivity index (χ4n) is 1.93. The first-order chi connectivity index (χ1) is 8.94. The number of quaternary nitrogens is 1. The number of carboxylic acids is 1. The fourth-order valence-corrected chi connectivity index (χ4v) is 2.05. The molecule has 0 radical (unpaired) electrons. The second kappa shape index (κ2) is 8.94. The highest BCUT2D eigenvalue weighted by molar-refractivity contribution is 6.30. The van der Waals surface area contributed by atoms with E-state index in [0.29, 0.717) is 5.02 Å². The highest BCUT2D eigenvalue weighted by Crippen LogP contribution is 2.08. The molecule has 19 heavy (non-hydrogen) atoms. The van der Waals surface area contributed by atoms with E-state index in [9.17, 15) is 9.90 Å². The van der Waals surface area contributed by atoms with Crippen LogP contribution in [0.1, 0.15) is 38.1 Å². The molecule has 0 spiro atoms. The van der Waals surface area contributed by atoms with Crippen molar-refractivity contribution in [3.8, 4) is 0 Å². The summed E-state index contributed by atoms with van der Waals surface area (Å²) in [7, 11) is 0. The Balaban J connectivity index is 0.000000344. The smallest absolute Gasteiger partial charge is 0.0757 e. The van der Waals surface area contributed by atoms with Crippen molar-refractivity contribution in [1.29, 1.82) is 0 Å². The molecule has 0 bridgehead atoms. The Labute approximate surface area is 121 Å². The van der Waals surface area contributed by atoms with Crippen molar-refractivity contribution in [3.63, 3.8) is 0 Å². The van der Waals surface area contributed by atoms with Gasteiger partial charge in [0.05, 0.1) is 32.1 Å². The standard InChI is InChI=1S/C8H20N.C7H5ClO2/c1-5-9(6-2,7-3)8-4;8-6-3-1-5(2-4-6)7(9)10/h5-8H2,1-4H3;1-4H,(H,9,10)/q+1;/p-1. The lowest BCUT2D eigenvalue weighted by molar-refractivity contribution is -0.921. The van der Waals surface area contributed by atoms with Gasteiger partial charge in [-0.2, -0.15) is 0 Å². The minimum atomic E-state index is -1.18. The largest absolute Gasteiger partial charge is 0.545 e. The summed E-state index contributed by atoms with van der Waals surface area (Å²) in [6, 6.07) is 5.81. The molecule has 0 heterocycles. The van der Waals surface area contributed by atoms with E-state index < -0.39 is 5.97 Å². The van der Waals surface area contributed by atoms with Crippen molar-refractivity contribution in [2.75, 3.05) is 26.2 Å². The highest BCUT2D eigenvalue weighted by Gasteiger charge is 2.16. The van der Waals surface area contributed by atoms with Crippen LogP contribution in [0.15, 0.2) is 24.3 Å². The van der Waals surface area contributed by atoms with E-state index in [-0.39, 0.29) is 5.56 Å². The van der Waals surface area contributed by atoms with Gasteiger partial charge < -0.3 is 14.4 Å². The van der Waals surface area contributed by atoms with Gasteiger partial charge in [-0.25, -0.2) is 0 Å². The van der Waals surface area contributed by atoms with E-state index in [1.807, 2.05) is 0 Å². The molecule has 0 saturated carbocycles. The third kappa shape index (κ3) is 6.08. The van der Waals surface area contributed by atoms with Gasteiger partial charge in [-0.1, -0.05) is 23.7 Å². The first kappa shape index (κ1) is 17.9. The normalized spacial score (nSPS) is 10.6. The number of carbonyl (C=O) groups is 1. The Kier molecular flexibility index (Phi) is 8.44. The summed E-state index contributed by atoms with van der Waals surface area (Å²) in [6.45, 7) is 14.2. The Morgan fingerprint density at radius 2 is 1.37 bits per heavy atom. The number of hydrogen-bond acceptors (Lipinski definition) is 2. The summed E-state index contributed by atoms with van der Waals surface area (Å²) in [5, 5.41) is 10.7. The van der Waals surface area contributed by atoms with Crippen molar-refractivity contribution in [3.05, 3.63) is 34.9 Å². The molecule has 3 nitrogen and oxygen atoms in total. The van der Waals surface area contributed by atoms with Crippen molar-refractivity contribution < 1.29 is 14.4 Å². The predicted octanol–water partition coefficient (Wildman–Crippen LogP) is 2.59. The number of nitrogens with zero attached hydrogens (tertiary/aromatic N) is 1. The van der Waals surface area contributed by atoms with Crippen LogP contribution in [0.3, 0.4) is 0 Å². The lowest BCUT2D eigenvalue weighted by Crippen LogP contribution is -2.47. The maximum Gasteiger partial charge on any atom is 0.0757 e. The molecule has 1 aromatic carbocycles. The van der Waals surface area contributed by atoms with Gasteiger partial charge in [0, 0.05) is 5.02 Å². The number of hydrogen-bond donors (Lipinski definition) is 0. The average molecular weight is 286 g/mol. The Hall–Kier alpha value is -1.06. The maximum atomic E-state index is 10.2. The zero-order valence-electron chi connectivity index (χ0n) is 12.3. The van der Waals surface area contributed by atoms with Crippen LogP contribution < -0.4 is 5.11 Å². The molecule has 1 rings (SSSR count). The molecule has 0 unspecified atom stereocenters. The van der Waals surface area contributed by atoms with Gasteiger partial charge in [-0.3, -0.25) is 0 Å². The van der Waals surface area contributed by atoms with E-state index in [2.05, 4.69) is 27.7 Å². The monoisotopic (exact) mass is 285 g/mol. The van der Waals surface area contributed by atoms with Crippen molar-refractivity contribution in [1.82, 2.24) is 0 Å². The van der Waals surface area contributed by atoms with E-state index in [4.69, 9.17) is 11.6 Å². The molecule has 0 N–H and O–H groups in total. The number of halogens is 1. The lowest BCUT2D eigenvalue weighted by Gasteiger charge is -2.34. The molecule has 1 aromatic rings. The average Bonchev–Trinajstić information content (AvgIpc) is 2.43. The van der Waals surface area contributed by atoms with Crippen LogP contribution in [-0.2, 0) is 0 Å². The topological polar surface area (TPSA) is 40.1 Å². The molecule has 0 aliphatic heterocycles. The minimum Gasteiger partial charge on any atom is -0.545 e. The highest BCUT2D eigenvalue weighted by atomic mass is 35.5. The van der Waals surface area contributed by atoms with Crippen LogP contribution in [0.5, 0.6) is 0 Å². The number of carboxylic acid groups (broad SMARTS) is 1. The summed E-state index contributed by atoms with van der Waals surface area (Å²) in [5.41, 5.74) is 0.143. The van der Waals surface area contributed by atoms with Crippen LogP contribution in [-0.4, -0.2) is 36.6 Å². The quantitative estimate of drug-likeness (QED) is 0.780. The van der Waals surface area contributed by atoms with Gasteiger partial charge in [0.25, 0.3) is 0 Å². The van der Waals surface area contributed by atoms with E-state index in [1.54, 1.807) is 0 Å². The molecule has 0 fully saturated rings. The molecule has 0 amide bonds. The predicted molar refractivity (Wildman–Crippen MR) is 78.2 cm³/mol. The summed E-state index contributed by atoms with van der Waals surface area (Å²) in [5.74, 6) is -1.18. The van der Waals surface area contributed by atoms with Crippen LogP contribution in [0.25, 0.3) is 0 Å². The molecule has 0 aliphatic rings. The SMILES string of the molecule is CC[N+](CC)(CC)CC.O=C([O-])c1ccc(Cl)cc1. The Bertz CT molecular complexity index is 355. The number of aromatic carboxylic acids is 1. The van der Waals surface area contributed by atoms with Crippen molar-refractivity contribution >= 4 is 17.6 Å². The Morgan fingerprint density at radius 1 is 1.00 bits per heavy atom. The molecule has 0 aromatic heterocycles. The first-order valence-corrected chi connectivity index (χ1v) is 7.14. The number of rotatable bonds is 5. The van der Waals surface area contributed by atoms with E-state index >= 15 is 0 Å². The zero-order valence-corrected chi connectivity index (χ0v) is 13.0. The van der Waals surface area contributed by atoms with E-state index in [1.165, 1.54) is 54.9 Å². The van der Waals surface area contributed by atoms with E-state index in [0.717, 1.165) is 0 Å². The van der Waals surface area contributed by atoms with Crippen molar-refractivity contribution in [2.45, 2.75) is 27.7 Å². The number of benzene rings is 1. The molecule has 0 saturated heterocycles. The zero-order chi connectivity index (χ0) is 14.9. The van der Waals surface area contributed by atoms with Gasteiger partial charge in [0.1, 0.15) is 0 Å². The third-order valence-electron chi connectivity index (χ3n) is 3.76. The lowest BCUT2D eigenvalue weighted by atomic mass is 10.2. The molecular formula is C15H24ClNO2. The van der Waals surface area contributed by atoms with Crippen molar-refractivity contribution in [2.24, 2.45) is 0 Å². The molecule has 0 aliphatic carbocycles. The Morgan fingerprint density at radius 3 is 1.58 bits per heavy atom. The second-order valence-corrected chi connectivity index (χ2v) is 4.84. The summed E-state index contributed by atoms with van der Waals surface area (Å²) >= 11 is 5.50. The van der Waals surface area contributed by atoms with Gasteiger partial charge in [-0.05, 0) is 45.4 Å². The second-order valence-electron chi connectivity index (χ2n) is 4.40. The minimum absolute atomic E-state index is 0.143. The summed E-state index contributed by atoms with van der Waals surface area (Å²) in [4.78, 5) is 10.2. The molecule has 4 heteroatoms. The van der Waals surface area contributed by atoms with Crippen LogP contribution in [0.2, 0.25) is 5.02 Å². The van der Waals surface area contributed by atoms with Gasteiger partial charge >= 0.3 is 0 Å². The molecule has 0 atom stereocenters. The van der Waals surface area contributed by atoms with Crippen LogP contribution in [0, 0.1) is 0 Å².